The van der Waals surface area contributed by atoms with Crippen LogP contribution in [0.1, 0.15) is 36.5 Å². The van der Waals surface area contributed by atoms with E-state index in [4.69, 9.17) is 14.2 Å². The summed E-state index contributed by atoms with van der Waals surface area (Å²) in [6.07, 6.45) is 1.77. The van der Waals surface area contributed by atoms with Crippen molar-refractivity contribution in [1.29, 1.82) is 0 Å². The van der Waals surface area contributed by atoms with Crippen molar-refractivity contribution in [3.63, 3.8) is 0 Å². The lowest BCUT2D eigenvalue weighted by Gasteiger charge is -2.36. The van der Waals surface area contributed by atoms with E-state index in [9.17, 15) is 19.7 Å². The number of halogens is 1. The summed E-state index contributed by atoms with van der Waals surface area (Å²) in [6.45, 7) is 3.13. The Hall–Kier alpha value is -4.18. The van der Waals surface area contributed by atoms with Crippen molar-refractivity contribution in [2.24, 2.45) is 5.92 Å². The molecule has 1 N–H and O–H groups in total. The minimum atomic E-state index is -1.37. The molecule has 5 rings (SSSR count). The van der Waals surface area contributed by atoms with Crippen molar-refractivity contribution in [1.82, 2.24) is 4.98 Å². The van der Waals surface area contributed by atoms with Crippen LogP contribution in [0.5, 0.6) is 5.75 Å². The molecule has 0 unspecified atom stereocenters. The zero-order valence-corrected chi connectivity index (χ0v) is 22.1. The van der Waals surface area contributed by atoms with Gasteiger partial charge in [0.05, 0.1) is 4.92 Å². The number of hydrogen-bond acceptors (Lipinski definition) is 7. The third kappa shape index (κ3) is 4.99. The van der Waals surface area contributed by atoms with Gasteiger partial charge in [-0.1, -0.05) is 34.1 Å². The summed E-state index contributed by atoms with van der Waals surface area (Å²) < 4.78 is 17.9. The molecule has 0 amide bonds. The molecule has 0 saturated carbocycles. The molecule has 1 aromatic heterocycles. The van der Waals surface area contributed by atoms with Gasteiger partial charge >= 0.3 is 11.9 Å². The van der Waals surface area contributed by atoms with Crippen LogP contribution in [0.25, 0.3) is 10.9 Å². The quantitative estimate of drug-likeness (QED) is 0.123. The van der Waals surface area contributed by atoms with E-state index in [0.29, 0.717) is 22.4 Å². The highest BCUT2D eigenvalue weighted by Crippen LogP contribution is 2.44. The number of carbonyl (C=O) groups excluding carboxylic acids is 2. The Labute approximate surface area is 226 Å². The number of nitro benzene ring substituents is 1. The van der Waals surface area contributed by atoms with Crippen molar-refractivity contribution in [3.05, 3.63) is 104 Å². The number of aromatic nitrogens is 1. The molecular weight excluding hydrogens is 556 g/mol. The van der Waals surface area contributed by atoms with Gasteiger partial charge in [-0.25, -0.2) is 0 Å². The molecule has 0 radical (unpaired) electrons. The molecule has 9 nitrogen and oxygen atoms in total. The molecule has 194 valence electrons. The molecular formula is C28H23BrN2O7. The second-order valence-electron chi connectivity index (χ2n) is 9.38. The third-order valence-corrected chi connectivity index (χ3v) is 6.83. The Balaban J connectivity index is 1.59. The minimum Gasteiger partial charge on any atom is -0.489 e. The summed E-state index contributed by atoms with van der Waals surface area (Å²) in [4.78, 5) is 40.3. The Morgan fingerprint density at radius 1 is 1.03 bits per heavy atom. The summed E-state index contributed by atoms with van der Waals surface area (Å²) in [5, 5.41) is 11.8. The Morgan fingerprint density at radius 3 is 2.39 bits per heavy atom. The highest BCUT2D eigenvalue weighted by atomic mass is 79.9. The van der Waals surface area contributed by atoms with Gasteiger partial charge in [-0.15, -0.1) is 0 Å². The number of H-pyrrole nitrogens is 1. The second kappa shape index (κ2) is 9.94. The van der Waals surface area contributed by atoms with Gasteiger partial charge in [0.15, 0.2) is 5.92 Å². The van der Waals surface area contributed by atoms with Crippen LogP contribution in [-0.2, 0) is 25.7 Å². The summed E-state index contributed by atoms with van der Waals surface area (Å²) in [6, 6.07) is 19.0. The van der Waals surface area contributed by atoms with Crippen LogP contribution < -0.4 is 4.74 Å². The molecule has 3 aromatic carbocycles. The van der Waals surface area contributed by atoms with Crippen LogP contribution in [0.4, 0.5) is 5.69 Å². The zero-order valence-electron chi connectivity index (χ0n) is 20.5. The fraction of sp³-hybridized carbons (Fsp3) is 0.214. The molecule has 1 fully saturated rings. The number of fused-ring (bicyclic) bond motifs is 1. The molecule has 1 aliphatic rings. The Bertz CT molecular complexity index is 1520. The molecule has 0 bridgehead atoms. The number of esters is 2. The van der Waals surface area contributed by atoms with Crippen LogP contribution in [0, 0.1) is 16.0 Å². The van der Waals surface area contributed by atoms with Crippen LogP contribution in [0.3, 0.4) is 0 Å². The molecule has 2 heterocycles. The summed E-state index contributed by atoms with van der Waals surface area (Å²) in [5.41, 5.74) is 2.82. The highest BCUT2D eigenvalue weighted by Gasteiger charge is 2.49. The topological polar surface area (TPSA) is 121 Å². The van der Waals surface area contributed by atoms with E-state index in [-0.39, 0.29) is 12.3 Å². The number of rotatable bonds is 7. The van der Waals surface area contributed by atoms with E-state index in [1.54, 1.807) is 36.5 Å². The number of nitrogens with zero attached hydrogens (tertiary/aromatic N) is 1. The van der Waals surface area contributed by atoms with Crippen molar-refractivity contribution < 1.29 is 28.7 Å². The summed E-state index contributed by atoms with van der Waals surface area (Å²) >= 11 is 3.51. The maximum Gasteiger partial charge on any atom is 0.324 e. The minimum absolute atomic E-state index is 0.0188. The average molecular weight is 579 g/mol. The van der Waals surface area contributed by atoms with Crippen molar-refractivity contribution in [3.8, 4) is 5.75 Å². The number of aromatic amines is 1. The van der Waals surface area contributed by atoms with Gasteiger partial charge in [0.25, 0.3) is 11.5 Å². The van der Waals surface area contributed by atoms with Crippen LogP contribution >= 0.6 is 15.9 Å². The molecule has 1 saturated heterocycles. The van der Waals surface area contributed by atoms with Gasteiger partial charge in [0.2, 0.25) is 0 Å². The summed E-state index contributed by atoms with van der Waals surface area (Å²) in [7, 11) is 0. The SMILES string of the molecule is CC1(C)OC(=O)C([C@H](c2cc(Br)ccc2OCc2ccc([N+](=O)[O-])cc2)c2c[nH]c3ccccc23)C(=O)O1. The number of non-ortho nitro benzene ring substituents is 1. The first-order valence-corrected chi connectivity index (χ1v) is 12.6. The lowest BCUT2D eigenvalue weighted by molar-refractivity contribution is -0.384. The Morgan fingerprint density at radius 2 is 1.71 bits per heavy atom. The van der Waals surface area contributed by atoms with Gasteiger partial charge in [-0.2, -0.15) is 0 Å². The first-order chi connectivity index (χ1) is 18.1. The number of carbonyl (C=O) groups is 2. The van der Waals surface area contributed by atoms with Crippen LogP contribution in [0.15, 0.2) is 77.4 Å². The van der Waals surface area contributed by atoms with Crippen molar-refractivity contribution in [2.45, 2.75) is 32.2 Å². The predicted octanol–water partition coefficient (Wildman–Crippen LogP) is 6.00. The fourth-order valence-corrected chi connectivity index (χ4v) is 5.03. The van der Waals surface area contributed by atoms with Crippen molar-refractivity contribution >= 4 is 44.5 Å². The molecule has 4 aromatic rings. The molecule has 1 aliphatic heterocycles. The van der Waals surface area contributed by atoms with E-state index in [1.807, 2.05) is 24.3 Å². The van der Waals surface area contributed by atoms with E-state index in [1.165, 1.54) is 26.0 Å². The van der Waals surface area contributed by atoms with E-state index in [2.05, 4.69) is 20.9 Å². The molecule has 1 atom stereocenters. The molecule has 38 heavy (non-hydrogen) atoms. The van der Waals surface area contributed by atoms with E-state index < -0.39 is 34.5 Å². The molecule has 10 heteroatoms. The van der Waals surface area contributed by atoms with Gasteiger partial charge < -0.3 is 19.2 Å². The van der Waals surface area contributed by atoms with Gasteiger partial charge in [-0.3, -0.25) is 19.7 Å². The second-order valence-corrected chi connectivity index (χ2v) is 10.3. The van der Waals surface area contributed by atoms with E-state index >= 15 is 0 Å². The maximum absolute atomic E-state index is 13.3. The third-order valence-electron chi connectivity index (χ3n) is 6.34. The number of ether oxygens (including phenoxy) is 3. The maximum atomic E-state index is 13.3. The fourth-order valence-electron chi connectivity index (χ4n) is 4.65. The number of para-hydroxylation sites is 1. The van der Waals surface area contributed by atoms with Gasteiger partial charge in [0.1, 0.15) is 12.4 Å². The van der Waals surface area contributed by atoms with Crippen molar-refractivity contribution in [2.75, 3.05) is 0 Å². The first kappa shape index (κ1) is 25.5. The largest absolute Gasteiger partial charge is 0.489 e. The van der Waals surface area contributed by atoms with E-state index in [0.717, 1.165) is 15.4 Å². The first-order valence-electron chi connectivity index (χ1n) is 11.8. The number of nitrogens with one attached hydrogen (secondary N) is 1. The Kier molecular flexibility index (Phi) is 6.66. The van der Waals surface area contributed by atoms with Crippen LogP contribution in [-0.4, -0.2) is 27.6 Å². The lowest BCUT2D eigenvalue weighted by atomic mass is 9.79. The predicted molar refractivity (Wildman–Crippen MR) is 141 cm³/mol. The number of cyclic esters (lactones) is 2. The smallest absolute Gasteiger partial charge is 0.324 e. The normalized spacial score (nSPS) is 16.1. The zero-order chi connectivity index (χ0) is 27.0. The number of hydrogen-bond donors (Lipinski definition) is 1. The average Bonchev–Trinajstić information content (AvgIpc) is 3.29. The highest BCUT2D eigenvalue weighted by molar-refractivity contribution is 9.10. The summed E-state index contributed by atoms with van der Waals surface area (Å²) in [5.74, 6) is -4.40. The standard InChI is InChI=1S/C28H23BrN2O7/c1-28(2)37-26(32)25(27(33)38-28)24(21-14-30-22-6-4-3-5-19(21)22)20-13-17(29)9-12-23(20)36-15-16-7-10-18(11-8-16)31(34)35/h3-14,24-25,30H,15H2,1-2H3/t24-/m1/s1. The van der Waals surface area contributed by atoms with Crippen LogP contribution in [0.2, 0.25) is 0 Å². The number of benzene rings is 3. The monoisotopic (exact) mass is 578 g/mol. The van der Waals surface area contributed by atoms with Gasteiger partial charge in [-0.05, 0) is 47.5 Å². The molecule has 0 aliphatic carbocycles. The number of nitro groups is 1. The molecule has 0 spiro atoms. The lowest BCUT2D eigenvalue weighted by Crippen LogP contribution is -2.48. The van der Waals surface area contributed by atoms with Gasteiger partial charge in [0, 0.05) is 59.0 Å².